The molecule has 0 aromatic heterocycles. The third kappa shape index (κ3) is 4.67. The summed E-state index contributed by atoms with van der Waals surface area (Å²) >= 11 is 0. The zero-order valence-electron chi connectivity index (χ0n) is 17.9. The van der Waals surface area contributed by atoms with E-state index < -0.39 is 29.4 Å². The zero-order chi connectivity index (χ0) is 21.6. The first-order chi connectivity index (χ1) is 13.4. The lowest BCUT2D eigenvalue weighted by Crippen LogP contribution is -2.46. The minimum absolute atomic E-state index is 0.0711. The van der Waals surface area contributed by atoms with E-state index in [4.69, 9.17) is 14.2 Å². The Balaban J connectivity index is 1.87. The average Bonchev–Trinajstić information content (AvgIpc) is 3.05. The fourth-order valence-electron chi connectivity index (χ4n) is 4.95. The maximum absolute atomic E-state index is 11.7. The van der Waals surface area contributed by atoms with Crippen molar-refractivity contribution in [2.75, 3.05) is 0 Å². The van der Waals surface area contributed by atoms with Gasteiger partial charge in [-0.3, -0.25) is 4.79 Å². The van der Waals surface area contributed by atoms with E-state index in [1.165, 1.54) is 6.92 Å². The Bertz CT molecular complexity index is 687. The molecule has 3 heterocycles. The first-order valence-corrected chi connectivity index (χ1v) is 10.5. The number of hydrogen-bond acceptors (Lipinski definition) is 6. The molecule has 2 bridgehead atoms. The van der Waals surface area contributed by atoms with Crippen LogP contribution >= 0.6 is 0 Å². The van der Waals surface area contributed by atoms with Gasteiger partial charge >= 0.3 is 11.9 Å². The number of epoxide rings is 1. The molecule has 0 radical (unpaired) electrons. The molecule has 3 saturated heterocycles. The van der Waals surface area contributed by atoms with Crippen LogP contribution in [-0.2, 0) is 23.8 Å². The molecule has 7 atom stereocenters. The average molecular weight is 411 g/mol. The number of aliphatic hydroxyl groups is 1. The minimum Gasteiger partial charge on any atom is -0.478 e. The molecule has 3 aliphatic rings. The molecule has 0 aromatic carbocycles. The van der Waals surface area contributed by atoms with Crippen molar-refractivity contribution in [3.05, 3.63) is 12.2 Å². The van der Waals surface area contributed by atoms with Crippen LogP contribution in [0.5, 0.6) is 0 Å². The van der Waals surface area contributed by atoms with Gasteiger partial charge in [-0.1, -0.05) is 6.58 Å². The molecule has 29 heavy (non-hydrogen) atoms. The number of esters is 1. The van der Waals surface area contributed by atoms with Crippen molar-refractivity contribution in [1.29, 1.82) is 0 Å². The minimum atomic E-state index is -1.11. The molecule has 164 valence electrons. The Morgan fingerprint density at radius 3 is 2.24 bits per heavy atom. The highest BCUT2D eigenvalue weighted by Crippen LogP contribution is 2.49. The van der Waals surface area contributed by atoms with Gasteiger partial charge in [-0.25, -0.2) is 4.79 Å². The highest BCUT2D eigenvalue weighted by atomic mass is 16.6. The third-order valence-electron chi connectivity index (χ3n) is 7.20. The number of hydrogen-bond donors (Lipinski definition) is 2. The fourth-order valence-corrected chi connectivity index (χ4v) is 4.95. The van der Waals surface area contributed by atoms with E-state index in [0.717, 1.165) is 0 Å². The van der Waals surface area contributed by atoms with E-state index in [1.807, 2.05) is 13.8 Å². The summed E-state index contributed by atoms with van der Waals surface area (Å²) in [5.41, 5.74) is -2.00. The molecule has 3 rings (SSSR count). The first kappa shape index (κ1) is 22.2. The maximum Gasteiger partial charge on any atom is 0.331 e. The highest BCUT2D eigenvalue weighted by molar-refractivity contribution is 5.86. The number of carbonyl (C=O) groups is 2. The quantitative estimate of drug-likeness (QED) is 0.418. The normalized spacial score (nSPS) is 45.1. The molecular weight excluding hydrogens is 376 g/mol. The Hall–Kier alpha value is -1.44. The Kier molecular flexibility index (Phi) is 5.89. The molecule has 0 unspecified atom stereocenters. The maximum atomic E-state index is 11.7. The van der Waals surface area contributed by atoms with Crippen molar-refractivity contribution in [3.8, 4) is 0 Å². The third-order valence-corrected chi connectivity index (χ3v) is 7.20. The summed E-state index contributed by atoms with van der Waals surface area (Å²) in [6, 6.07) is 0. The molecule has 0 spiro atoms. The predicted molar refractivity (Wildman–Crippen MR) is 105 cm³/mol. The van der Waals surface area contributed by atoms with Gasteiger partial charge in [0.15, 0.2) is 0 Å². The Morgan fingerprint density at radius 1 is 1.00 bits per heavy atom. The molecule has 3 fully saturated rings. The molecule has 3 aliphatic heterocycles. The smallest absolute Gasteiger partial charge is 0.331 e. The molecule has 0 amide bonds. The number of fused-ring (bicyclic) bond motifs is 3. The summed E-state index contributed by atoms with van der Waals surface area (Å²) in [5, 5.41) is 20.6. The van der Waals surface area contributed by atoms with Gasteiger partial charge in [0.25, 0.3) is 0 Å². The monoisotopic (exact) mass is 410 g/mol. The summed E-state index contributed by atoms with van der Waals surface area (Å²) in [6.45, 7) is 10.9. The summed E-state index contributed by atoms with van der Waals surface area (Å²) in [6.07, 6.45) is 3.16. The van der Waals surface area contributed by atoms with Gasteiger partial charge in [-0.05, 0) is 71.6 Å². The lowest BCUT2D eigenvalue weighted by molar-refractivity contribution is -0.184. The number of rotatable bonds is 3. The van der Waals surface area contributed by atoms with Crippen molar-refractivity contribution < 1.29 is 34.0 Å². The standard InChI is InChI=1S/C22H34O7/c1-13(19(24)25)15-6-9-20(3,26)16-7-10-21(4,28-16)17(27-14(2)23)8-11-22(5)18(12-15)29-22/h15-18,26H,1,6-12H2,2-5H3,(H,24,25)/t15-,16+,17+,18-,20-,21+,22+/m1/s1. The van der Waals surface area contributed by atoms with Gasteiger partial charge in [0.05, 0.1) is 23.4 Å². The van der Waals surface area contributed by atoms with Gasteiger partial charge < -0.3 is 24.4 Å². The van der Waals surface area contributed by atoms with Crippen LogP contribution in [0.15, 0.2) is 12.2 Å². The van der Waals surface area contributed by atoms with Crippen molar-refractivity contribution in [2.45, 2.75) is 108 Å². The van der Waals surface area contributed by atoms with Crippen LogP contribution < -0.4 is 0 Å². The summed E-state index contributed by atoms with van der Waals surface area (Å²) in [7, 11) is 0. The molecule has 0 aliphatic carbocycles. The highest BCUT2D eigenvalue weighted by Gasteiger charge is 2.55. The first-order valence-electron chi connectivity index (χ1n) is 10.5. The Morgan fingerprint density at radius 2 is 1.62 bits per heavy atom. The molecule has 0 aromatic rings. The van der Waals surface area contributed by atoms with Crippen LogP contribution in [0.2, 0.25) is 0 Å². The lowest BCUT2D eigenvalue weighted by Gasteiger charge is -2.37. The lowest BCUT2D eigenvalue weighted by atomic mass is 9.81. The second-order valence-corrected chi connectivity index (χ2v) is 9.67. The van der Waals surface area contributed by atoms with E-state index in [2.05, 4.69) is 6.58 Å². The van der Waals surface area contributed by atoms with Gasteiger partial charge in [0, 0.05) is 12.5 Å². The van der Waals surface area contributed by atoms with Gasteiger partial charge in [0.2, 0.25) is 0 Å². The van der Waals surface area contributed by atoms with Crippen molar-refractivity contribution >= 4 is 11.9 Å². The number of carbonyl (C=O) groups excluding carboxylic acids is 1. The number of ether oxygens (including phenoxy) is 3. The molecule has 0 saturated carbocycles. The summed E-state index contributed by atoms with van der Waals surface area (Å²) in [5.74, 6) is -1.64. The van der Waals surface area contributed by atoms with Crippen LogP contribution in [-0.4, -0.2) is 57.3 Å². The molecule has 2 N–H and O–H groups in total. The summed E-state index contributed by atoms with van der Waals surface area (Å²) < 4.78 is 17.9. The molecule has 7 heteroatoms. The van der Waals surface area contributed by atoms with E-state index >= 15 is 0 Å². The largest absolute Gasteiger partial charge is 0.478 e. The topological polar surface area (TPSA) is 106 Å². The second kappa shape index (κ2) is 7.67. The van der Waals surface area contributed by atoms with Crippen LogP contribution in [0, 0.1) is 5.92 Å². The van der Waals surface area contributed by atoms with Crippen LogP contribution in [0.3, 0.4) is 0 Å². The van der Waals surface area contributed by atoms with Gasteiger partial charge in [-0.15, -0.1) is 0 Å². The van der Waals surface area contributed by atoms with Gasteiger partial charge in [-0.2, -0.15) is 0 Å². The van der Waals surface area contributed by atoms with E-state index in [1.54, 1.807) is 6.92 Å². The molecule has 7 nitrogen and oxygen atoms in total. The van der Waals surface area contributed by atoms with Crippen molar-refractivity contribution in [1.82, 2.24) is 0 Å². The zero-order valence-corrected chi connectivity index (χ0v) is 17.9. The van der Waals surface area contributed by atoms with E-state index in [0.29, 0.717) is 44.9 Å². The fraction of sp³-hybridized carbons (Fsp3) is 0.818. The number of carboxylic acid groups (broad SMARTS) is 1. The Labute approximate surface area is 172 Å². The molecular formula is C22H34O7. The van der Waals surface area contributed by atoms with Gasteiger partial charge in [0.1, 0.15) is 11.7 Å². The van der Waals surface area contributed by atoms with Crippen molar-refractivity contribution in [3.63, 3.8) is 0 Å². The van der Waals surface area contributed by atoms with Crippen LogP contribution in [0.25, 0.3) is 0 Å². The van der Waals surface area contributed by atoms with Crippen molar-refractivity contribution in [2.24, 2.45) is 5.92 Å². The number of aliphatic carboxylic acids is 1. The second-order valence-electron chi connectivity index (χ2n) is 9.67. The SMILES string of the molecule is C=C(C(=O)O)[C@@H]1CC[C@@](C)(O)[C@@H]2CC[C@](C)(O2)[C@@H](OC(C)=O)CC[C@]2(C)O[C@@H]2C1. The summed E-state index contributed by atoms with van der Waals surface area (Å²) in [4.78, 5) is 23.2. The van der Waals surface area contributed by atoms with E-state index in [-0.39, 0.29) is 29.2 Å². The van der Waals surface area contributed by atoms with Crippen LogP contribution in [0.1, 0.15) is 72.6 Å². The number of carboxylic acids is 1. The predicted octanol–water partition coefficient (Wildman–Crippen LogP) is 2.99. The van der Waals surface area contributed by atoms with Crippen LogP contribution in [0.4, 0.5) is 0 Å². The van der Waals surface area contributed by atoms with E-state index in [9.17, 15) is 19.8 Å².